The van der Waals surface area contributed by atoms with E-state index in [0.717, 1.165) is 48.9 Å². The Kier molecular flexibility index (Phi) is 6.54. The smallest absolute Gasteiger partial charge is 0.302 e. The van der Waals surface area contributed by atoms with Gasteiger partial charge in [-0.1, -0.05) is 49.2 Å². The summed E-state index contributed by atoms with van der Waals surface area (Å²) < 4.78 is 5.62. The lowest BCUT2D eigenvalue weighted by Crippen LogP contribution is -2.50. The molecule has 1 heterocycles. The van der Waals surface area contributed by atoms with E-state index >= 15 is 0 Å². The average Bonchev–Trinajstić information content (AvgIpc) is 3.25. The van der Waals surface area contributed by atoms with Gasteiger partial charge in [-0.15, -0.1) is 0 Å². The summed E-state index contributed by atoms with van der Waals surface area (Å²) in [6, 6.07) is 12.0. The minimum Gasteiger partial charge on any atom is -0.462 e. The lowest BCUT2D eigenvalue weighted by atomic mass is 9.47. The van der Waals surface area contributed by atoms with Gasteiger partial charge < -0.3 is 10.5 Å². The number of carbonyl (C=O) groups excluding carboxylic acids is 1. The average molecular weight is 544 g/mol. The minimum absolute atomic E-state index is 0.0321. The first-order chi connectivity index (χ1) is 18.6. The number of pyridine rings is 1. The van der Waals surface area contributed by atoms with Crippen LogP contribution in [0.2, 0.25) is 5.02 Å². The second kappa shape index (κ2) is 9.66. The molecule has 0 amide bonds. The Balaban J connectivity index is 1.31. The van der Waals surface area contributed by atoms with Crippen molar-refractivity contribution in [2.24, 2.45) is 28.6 Å². The highest BCUT2D eigenvalue weighted by molar-refractivity contribution is 6.30. The van der Waals surface area contributed by atoms with Crippen LogP contribution in [0, 0.1) is 39.9 Å². The summed E-state index contributed by atoms with van der Waals surface area (Å²) in [5.41, 5.74) is 11.5. The van der Waals surface area contributed by atoms with Gasteiger partial charge in [-0.2, -0.15) is 5.26 Å². The normalized spacial score (nSPS) is 35.2. The molecule has 0 unspecified atom stereocenters. The van der Waals surface area contributed by atoms with Gasteiger partial charge in [0.25, 0.3) is 0 Å². The third kappa shape index (κ3) is 4.27. The number of anilines is 1. The van der Waals surface area contributed by atoms with Gasteiger partial charge in [0.15, 0.2) is 0 Å². The maximum Gasteiger partial charge on any atom is 0.302 e. The zero-order valence-electron chi connectivity index (χ0n) is 23.2. The number of nitriles is 1. The van der Waals surface area contributed by atoms with Crippen LogP contribution in [0.4, 0.5) is 5.82 Å². The van der Waals surface area contributed by atoms with Crippen LogP contribution >= 0.6 is 11.6 Å². The number of hydrogen-bond donors (Lipinski definition) is 1. The van der Waals surface area contributed by atoms with Crippen LogP contribution in [0.15, 0.2) is 42.0 Å². The number of esters is 1. The molecule has 1 aromatic heterocycles. The highest BCUT2D eigenvalue weighted by Crippen LogP contribution is 2.68. The first kappa shape index (κ1) is 26.4. The van der Waals surface area contributed by atoms with E-state index in [-0.39, 0.29) is 22.9 Å². The molecule has 0 spiro atoms. The lowest BCUT2D eigenvalue weighted by molar-refractivity contribution is -0.148. The number of ether oxygens (including phenoxy) is 1. The molecular weight excluding hydrogens is 506 g/mol. The Hall–Kier alpha value is -2.84. The molecule has 3 fully saturated rings. The Morgan fingerprint density at radius 3 is 2.72 bits per heavy atom. The molecule has 0 radical (unpaired) electrons. The molecule has 1 aromatic carbocycles. The molecule has 204 valence electrons. The first-order valence-electron chi connectivity index (χ1n) is 14.5. The maximum absolute atomic E-state index is 11.6. The van der Waals surface area contributed by atoms with Gasteiger partial charge in [-0.05, 0) is 97.3 Å². The van der Waals surface area contributed by atoms with Crippen molar-refractivity contribution in [3.05, 3.63) is 58.3 Å². The van der Waals surface area contributed by atoms with Gasteiger partial charge in [0.1, 0.15) is 23.6 Å². The molecule has 2 N–H and O–H groups in total. The molecule has 7 atom stereocenters. The molecule has 6 heteroatoms. The van der Waals surface area contributed by atoms with Crippen molar-refractivity contribution in [2.45, 2.75) is 84.2 Å². The summed E-state index contributed by atoms with van der Waals surface area (Å²) in [6.07, 6.45) is 11.3. The number of aromatic nitrogens is 1. The van der Waals surface area contributed by atoms with Crippen LogP contribution in [0.1, 0.15) is 89.3 Å². The molecule has 0 saturated heterocycles. The maximum atomic E-state index is 11.6. The molecule has 0 aliphatic heterocycles. The van der Waals surface area contributed by atoms with E-state index in [2.05, 4.69) is 32.1 Å². The van der Waals surface area contributed by atoms with Crippen LogP contribution in [-0.2, 0) is 9.53 Å². The van der Waals surface area contributed by atoms with Crippen molar-refractivity contribution in [3.8, 4) is 17.2 Å². The molecule has 4 aliphatic carbocycles. The lowest BCUT2D eigenvalue weighted by Gasteiger charge is -2.58. The molecule has 4 aliphatic rings. The molecule has 3 saturated carbocycles. The van der Waals surface area contributed by atoms with Gasteiger partial charge >= 0.3 is 5.97 Å². The topological polar surface area (TPSA) is 89.0 Å². The Bertz CT molecular complexity index is 1400. The number of benzene rings is 1. The standard InChI is InChI=1S/C33H38ClN3O2/c1-19(38)39-23-11-13-32(2)21(16-23)7-8-24-27-9-10-29(33(27,3)14-12-28(24)32)30-17-25(26(18-35)31(36)37-30)20-5-4-6-22(34)15-20/h4-7,15,17,23-24,27-29H,8-14,16H2,1-3H3,(H2,36,37)/t23-,24-,27-,28-,29+,32-,33-/m0/s1. The van der Waals surface area contributed by atoms with Gasteiger partial charge in [0.2, 0.25) is 0 Å². The van der Waals surface area contributed by atoms with E-state index in [1.165, 1.54) is 31.8 Å². The summed E-state index contributed by atoms with van der Waals surface area (Å²) in [4.78, 5) is 16.4. The summed E-state index contributed by atoms with van der Waals surface area (Å²) in [6.45, 7) is 6.49. The zero-order valence-corrected chi connectivity index (χ0v) is 23.9. The van der Waals surface area contributed by atoms with Crippen LogP contribution in [0.5, 0.6) is 0 Å². The summed E-state index contributed by atoms with van der Waals surface area (Å²) in [7, 11) is 0. The Morgan fingerprint density at radius 1 is 1.15 bits per heavy atom. The van der Waals surface area contributed by atoms with Crippen molar-refractivity contribution in [2.75, 3.05) is 5.73 Å². The highest BCUT2D eigenvalue weighted by atomic mass is 35.5. The second-order valence-electron chi connectivity index (χ2n) is 12.9. The third-order valence-corrected chi connectivity index (χ3v) is 11.3. The number of halogens is 1. The van der Waals surface area contributed by atoms with Crippen LogP contribution in [-0.4, -0.2) is 17.1 Å². The van der Waals surface area contributed by atoms with Gasteiger partial charge in [-0.3, -0.25) is 4.79 Å². The van der Waals surface area contributed by atoms with Crippen molar-refractivity contribution in [3.63, 3.8) is 0 Å². The number of rotatable bonds is 3. The van der Waals surface area contributed by atoms with E-state index in [4.69, 9.17) is 27.1 Å². The Labute approximate surface area is 236 Å². The summed E-state index contributed by atoms with van der Waals surface area (Å²) in [5.74, 6) is 2.43. The molecular formula is C33H38ClN3O2. The predicted octanol–water partition coefficient (Wildman–Crippen LogP) is 7.83. The first-order valence-corrected chi connectivity index (χ1v) is 14.8. The number of carbonyl (C=O) groups is 1. The van der Waals surface area contributed by atoms with Crippen LogP contribution in [0.25, 0.3) is 11.1 Å². The Morgan fingerprint density at radius 2 is 1.97 bits per heavy atom. The summed E-state index contributed by atoms with van der Waals surface area (Å²) in [5, 5.41) is 10.5. The molecule has 5 nitrogen and oxygen atoms in total. The molecule has 0 bridgehead atoms. The van der Waals surface area contributed by atoms with E-state index in [1.807, 2.05) is 24.3 Å². The van der Waals surface area contributed by atoms with Crippen LogP contribution in [0.3, 0.4) is 0 Å². The number of hydrogen-bond acceptors (Lipinski definition) is 5. The fourth-order valence-electron chi connectivity index (χ4n) is 9.21. The van der Waals surface area contributed by atoms with Crippen molar-refractivity contribution < 1.29 is 9.53 Å². The van der Waals surface area contributed by atoms with Gasteiger partial charge in [0.05, 0.1) is 0 Å². The fourth-order valence-corrected chi connectivity index (χ4v) is 9.40. The van der Waals surface area contributed by atoms with E-state index < -0.39 is 0 Å². The molecule has 6 rings (SSSR count). The number of nitrogen functional groups attached to an aromatic ring is 1. The number of nitrogens with two attached hydrogens (primary N) is 1. The number of nitrogens with zero attached hydrogens (tertiary/aromatic N) is 2. The largest absolute Gasteiger partial charge is 0.462 e. The van der Waals surface area contributed by atoms with Crippen molar-refractivity contribution in [1.82, 2.24) is 4.98 Å². The SMILES string of the molecule is CC(=O)O[C@H]1CC[C@@]2(C)C(=CC[C@H]3[C@@H]4CC[C@H](c5cc(-c6cccc(Cl)c6)c(C#N)c(N)n5)[C@@]4(C)CC[C@@H]32)C1. The van der Waals surface area contributed by atoms with E-state index in [0.29, 0.717) is 40.1 Å². The molecule has 39 heavy (non-hydrogen) atoms. The van der Waals surface area contributed by atoms with Gasteiger partial charge in [-0.25, -0.2) is 4.98 Å². The fraction of sp³-hybridized carbons (Fsp3) is 0.545. The zero-order chi connectivity index (χ0) is 27.5. The molecule has 2 aromatic rings. The van der Waals surface area contributed by atoms with E-state index in [9.17, 15) is 10.1 Å². The predicted molar refractivity (Wildman–Crippen MR) is 154 cm³/mol. The number of fused-ring (bicyclic) bond motifs is 5. The van der Waals surface area contributed by atoms with Crippen molar-refractivity contribution in [1.29, 1.82) is 5.26 Å². The van der Waals surface area contributed by atoms with Crippen LogP contribution < -0.4 is 5.73 Å². The minimum atomic E-state index is -0.168. The van der Waals surface area contributed by atoms with Gasteiger partial charge in [0, 0.05) is 35.5 Å². The summed E-state index contributed by atoms with van der Waals surface area (Å²) >= 11 is 6.31. The monoisotopic (exact) mass is 543 g/mol. The van der Waals surface area contributed by atoms with E-state index in [1.54, 1.807) is 0 Å². The quantitative estimate of drug-likeness (QED) is 0.314. The second-order valence-corrected chi connectivity index (χ2v) is 13.3. The highest BCUT2D eigenvalue weighted by Gasteiger charge is 2.59. The third-order valence-electron chi connectivity index (χ3n) is 11.1. The number of allylic oxidation sites excluding steroid dienone is 1. The van der Waals surface area contributed by atoms with Crippen molar-refractivity contribution >= 4 is 23.4 Å².